The average molecular weight is 373 g/mol. The number of hydrogen-bond acceptors (Lipinski definition) is 6. The summed E-state index contributed by atoms with van der Waals surface area (Å²) in [7, 11) is 1.54. The van der Waals surface area contributed by atoms with Gasteiger partial charge in [0.25, 0.3) is 5.91 Å². The first-order valence-electron chi connectivity index (χ1n) is 8.52. The van der Waals surface area contributed by atoms with Crippen LogP contribution in [0.3, 0.4) is 0 Å². The fraction of sp³-hybridized carbons (Fsp3) is 0.300. The molecule has 0 unspecified atom stereocenters. The van der Waals surface area contributed by atoms with E-state index in [0.717, 1.165) is 5.75 Å². The molecule has 7 heteroatoms. The first-order chi connectivity index (χ1) is 13.0. The Morgan fingerprint density at radius 2 is 1.67 bits per heavy atom. The van der Waals surface area contributed by atoms with E-state index in [9.17, 15) is 9.59 Å². The molecule has 1 atom stereocenters. The number of carbonyl (C=O) groups is 2. The van der Waals surface area contributed by atoms with Gasteiger partial charge in [-0.3, -0.25) is 4.79 Å². The molecule has 0 aromatic heterocycles. The number of benzene rings is 2. The van der Waals surface area contributed by atoms with Crippen molar-refractivity contribution in [3.63, 3.8) is 0 Å². The van der Waals surface area contributed by atoms with Crippen molar-refractivity contribution in [1.29, 1.82) is 0 Å². The molecule has 0 saturated carbocycles. The lowest BCUT2D eigenvalue weighted by molar-refractivity contribution is -0.155. The maximum Gasteiger partial charge on any atom is 0.344 e. The highest BCUT2D eigenvalue weighted by Gasteiger charge is 2.18. The zero-order chi connectivity index (χ0) is 19.6. The maximum absolute atomic E-state index is 12.1. The third-order valence-corrected chi connectivity index (χ3v) is 3.51. The number of hydrogen-bond donors (Lipinski definition) is 1. The zero-order valence-corrected chi connectivity index (χ0v) is 15.6. The predicted molar refractivity (Wildman–Crippen MR) is 100 cm³/mol. The molecule has 144 valence electrons. The second kappa shape index (κ2) is 10.1. The largest absolute Gasteiger partial charge is 0.497 e. The summed E-state index contributed by atoms with van der Waals surface area (Å²) in [4.78, 5) is 24.0. The molecule has 0 aliphatic heterocycles. The Kier molecular flexibility index (Phi) is 7.49. The molecule has 2 aromatic carbocycles. The normalized spacial score (nSPS) is 11.2. The summed E-state index contributed by atoms with van der Waals surface area (Å²) in [5.74, 6) is 0.746. The summed E-state index contributed by atoms with van der Waals surface area (Å²) in [6.07, 6.45) is -0.965. The van der Waals surface area contributed by atoms with Crippen molar-refractivity contribution >= 4 is 17.6 Å². The molecule has 0 saturated heterocycles. The quantitative estimate of drug-likeness (QED) is 0.680. The lowest BCUT2D eigenvalue weighted by Gasteiger charge is -2.14. The second-order valence-corrected chi connectivity index (χ2v) is 5.55. The van der Waals surface area contributed by atoms with Crippen LogP contribution in [0.2, 0.25) is 0 Å². The van der Waals surface area contributed by atoms with E-state index in [1.165, 1.54) is 14.0 Å². The van der Waals surface area contributed by atoms with Crippen LogP contribution in [-0.4, -0.2) is 38.3 Å². The Balaban J connectivity index is 1.79. The number of carbonyl (C=O) groups excluding carboxylic acids is 2. The molecule has 0 aliphatic rings. The van der Waals surface area contributed by atoms with E-state index >= 15 is 0 Å². The fourth-order valence-electron chi connectivity index (χ4n) is 2.17. The Labute approximate surface area is 158 Å². The summed E-state index contributed by atoms with van der Waals surface area (Å²) in [6, 6.07) is 13.8. The second-order valence-electron chi connectivity index (χ2n) is 5.55. The van der Waals surface area contributed by atoms with Gasteiger partial charge in [-0.05, 0) is 50.2 Å². The standard InChI is InChI=1S/C20H23NO6/c1-4-25-16-8-10-17(11-9-16)26-13-19(22)27-14(2)20(23)21-15-6-5-7-18(12-15)24-3/h5-12,14H,4,13H2,1-3H3,(H,21,23)/t14-/m0/s1. The Bertz CT molecular complexity index is 759. The molecule has 0 fully saturated rings. The predicted octanol–water partition coefficient (Wildman–Crippen LogP) is 3.04. The highest BCUT2D eigenvalue weighted by atomic mass is 16.6. The van der Waals surface area contributed by atoms with Gasteiger partial charge in [0.15, 0.2) is 12.7 Å². The van der Waals surface area contributed by atoms with E-state index < -0.39 is 18.0 Å². The van der Waals surface area contributed by atoms with E-state index in [1.54, 1.807) is 48.5 Å². The van der Waals surface area contributed by atoms with Crippen molar-refractivity contribution < 1.29 is 28.5 Å². The van der Waals surface area contributed by atoms with Crippen LogP contribution >= 0.6 is 0 Å². The molecule has 1 N–H and O–H groups in total. The van der Waals surface area contributed by atoms with Crippen molar-refractivity contribution in [3.05, 3.63) is 48.5 Å². The summed E-state index contributed by atoms with van der Waals surface area (Å²) in [6.45, 7) is 3.66. The smallest absolute Gasteiger partial charge is 0.344 e. The molecule has 0 aliphatic carbocycles. The van der Waals surface area contributed by atoms with E-state index in [0.29, 0.717) is 23.8 Å². The average Bonchev–Trinajstić information content (AvgIpc) is 2.67. The van der Waals surface area contributed by atoms with Gasteiger partial charge < -0.3 is 24.3 Å². The van der Waals surface area contributed by atoms with E-state index in [2.05, 4.69) is 5.32 Å². The van der Waals surface area contributed by atoms with Gasteiger partial charge in [-0.15, -0.1) is 0 Å². The van der Waals surface area contributed by atoms with Crippen molar-refractivity contribution in [2.45, 2.75) is 20.0 Å². The first-order valence-corrected chi connectivity index (χ1v) is 8.52. The highest BCUT2D eigenvalue weighted by molar-refractivity contribution is 5.95. The summed E-state index contributed by atoms with van der Waals surface area (Å²) < 4.78 is 20.9. The monoisotopic (exact) mass is 373 g/mol. The summed E-state index contributed by atoms with van der Waals surface area (Å²) in [5, 5.41) is 2.66. The van der Waals surface area contributed by atoms with Gasteiger partial charge in [-0.1, -0.05) is 6.07 Å². The van der Waals surface area contributed by atoms with E-state index in [1.807, 2.05) is 6.92 Å². The topological polar surface area (TPSA) is 83.1 Å². The molecular weight excluding hydrogens is 350 g/mol. The molecule has 0 spiro atoms. The van der Waals surface area contributed by atoms with Crippen LogP contribution in [-0.2, 0) is 14.3 Å². The molecule has 7 nitrogen and oxygen atoms in total. The van der Waals surface area contributed by atoms with Gasteiger partial charge in [0.1, 0.15) is 17.2 Å². The molecule has 0 heterocycles. The number of rotatable bonds is 9. The van der Waals surface area contributed by atoms with Crippen LogP contribution in [0.4, 0.5) is 5.69 Å². The number of anilines is 1. The molecule has 2 aromatic rings. The van der Waals surface area contributed by atoms with Gasteiger partial charge in [-0.25, -0.2) is 4.79 Å². The lowest BCUT2D eigenvalue weighted by Crippen LogP contribution is -2.31. The van der Waals surface area contributed by atoms with Gasteiger partial charge in [0.05, 0.1) is 13.7 Å². The Morgan fingerprint density at radius 3 is 2.30 bits per heavy atom. The van der Waals surface area contributed by atoms with Crippen LogP contribution in [0, 0.1) is 0 Å². The Morgan fingerprint density at radius 1 is 1.00 bits per heavy atom. The number of nitrogens with one attached hydrogen (secondary N) is 1. The van der Waals surface area contributed by atoms with Gasteiger partial charge >= 0.3 is 5.97 Å². The minimum absolute atomic E-state index is 0.301. The number of amides is 1. The molecule has 1 amide bonds. The highest BCUT2D eigenvalue weighted by Crippen LogP contribution is 2.18. The first kappa shape index (κ1) is 20.1. The molecular formula is C20H23NO6. The minimum Gasteiger partial charge on any atom is -0.497 e. The van der Waals surface area contributed by atoms with Crippen molar-refractivity contribution in [2.75, 3.05) is 25.6 Å². The lowest BCUT2D eigenvalue weighted by atomic mass is 10.3. The summed E-state index contributed by atoms with van der Waals surface area (Å²) >= 11 is 0. The van der Waals surface area contributed by atoms with Gasteiger partial charge in [-0.2, -0.15) is 0 Å². The van der Waals surface area contributed by atoms with Gasteiger partial charge in [0.2, 0.25) is 0 Å². The minimum atomic E-state index is -0.965. The number of ether oxygens (including phenoxy) is 4. The van der Waals surface area contributed by atoms with Crippen LogP contribution in [0.1, 0.15) is 13.8 Å². The van der Waals surface area contributed by atoms with Crippen molar-refractivity contribution in [3.8, 4) is 17.2 Å². The number of methoxy groups -OCH3 is 1. The molecule has 2 rings (SSSR count). The number of esters is 1. The fourth-order valence-corrected chi connectivity index (χ4v) is 2.17. The Hall–Kier alpha value is -3.22. The van der Waals surface area contributed by atoms with Crippen LogP contribution in [0.5, 0.6) is 17.2 Å². The van der Waals surface area contributed by atoms with Gasteiger partial charge in [0, 0.05) is 11.8 Å². The van der Waals surface area contributed by atoms with Crippen LogP contribution in [0.25, 0.3) is 0 Å². The maximum atomic E-state index is 12.1. The van der Waals surface area contributed by atoms with Crippen molar-refractivity contribution in [2.24, 2.45) is 0 Å². The zero-order valence-electron chi connectivity index (χ0n) is 15.6. The third-order valence-electron chi connectivity index (χ3n) is 3.51. The van der Waals surface area contributed by atoms with E-state index in [-0.39, 0.29) is 6.61 Å². The summed E-state index contributed by atoms with van der Waals surface area (Å²) in [5.41, 5.74) is 0.549. The SMILES string of the molecule is CCOc1ccc(OCC(=O)O[C@@H](C)C(=O)Nc2cccc(OC)c2)cc1. The molecule has 0 bridgehead atoms. The van der Waals surface area contributed by atoms with Crippen LogP contribution < -0.4 is 19.5 Å². The van der Waals surface area contributed by atoms with Crippen LogP contribution in [0.15, 0.2) is 48.5 Å². The third kappa shape index (κ3) is 6.54. The molecule has 27 heavy (non-hydrogen) atoms. The van der Waals surface area contributed by atoms with Crippen molar-refractivity contribution in [1.82, 2.24) is 0 Å². The molecule has 0 radical (unpaired) electrons. The van der Waals surface area contributed by atoms with E-state index in [4.69, 9.17) is 18.9 Å².